The van der Waals surface area contributed by atoms with Gasteiger partial charge in [-0.05, 0) is 48.9 Å². The number of piperidine rings is 2. The van der Waals surface area contributed by atoms with Gasteiger partial charge in [-0.3, -0.25) is 19.8 Å². The van der Waals surface area contributed by atoms with Crippen molar-refractivity contribution in [2.24, 2.45) is 5.73 Å². The van der Waals surface area contributed by atoms with Crippen LogP contribution in [0.4, 0.5) is 26.3 Å². The maximum Gasteiger partial charge on any atom is 0.251 e. The van der Waals surface area contributed by atoms with E-state index in [1.807, 2.05) is 24.3 Å². The van der Waals surface area contributed by atoms with Gasteiger partial charge in [0, 0.05) is 36.6 Å². The van der Waals surface area contributed by atoms with Gasteiger partial charge < -0.3 is 5.73 Å². The number of alkyl halides is 4. The number of hydrogen-bond donors (Lipinski definition) is 1. The molecule has 0 saturated carbocycles. The first-order valence-electron chi connectivity index (χ1n) is 13.8. The zero-order chi connectivity index (χ0) is 30.9. The van der Waals surface area contributed by atoms with Gasteiger partial charge in [-0.25, -0.2) is 26.3 Å². The predicted molar refractivity (Wildman–Crippen MR) is 151 cm³/mol. The summed E-state index contributed by atoms with van der Waals surface area (Å²) in [5, 5.41) is 9.62. The third kappa shape index (κ3) is 6.18. The molecule has 0 spiro atoms. The van der Waals surface area contributed by atoms with E-state index < -0.39 is 35.3 Å². The molecule has 13 heteroatoms. The smallest absolute Gasteiger partial charge is 0.251 e. The number of rotatable bonds is 7. The Labute approximate surface area is 250 Å². The molecule has 6 rings (SSSR count). The van der Waals surface area contributed by atoms with Gasteiger partial charge in [0.05, 0.1) is 47.4 Å². The molecule has 0 radical (unpaired) electrons. The van der Waals surface area contributed by atoms with Crippen LogP contribution in [0.2, 0.25) is 0 Å². The van der Waals surface area contributed by atoms with E-state index in [0.717, 1.165) is 12.4 Å². The van der Waals surface area contributed by atoms with Gasteiger partial charge in [-0.2, -0.15) is 5.26 Å². The molecule has 0 aromatic carbocycles. The van der Waals surface area contributed by atoms with Gasteiger partial charge in [0.2, 0.25) is 0 Å². The Balaban J connectivity index is 0.000000171. The summed E-state index contributed by atoms with van der Waals surface area (Å²) < 4.78 is 77.7. The minimum absolute atomic E-state index is 0.169. The van der Waals surface area contributed by atoms with Crippen molar-refractivity contribution in [1.29, 1.82) is 5.26 Å². The van der Waals surface area contributed by atoms with Crippen molar-refractivity contribution in [2.45, 2.75) is 73.5 Å². The van der Waals surface area contributed by atoms with Crippen molar-refractivity contribution in [3.8, 4) is 6.07 Å². The Hall–Kier alpha value is -3.34. The van der Waals surface area contributed by atoms with E-state index in [2.05, 4.69) is 16.0 Å². The lowest BCUT2D eigenvalue weighted by atomic mass is 9.70. The van der Waals surface area contributed by atoms with Gasteiger partial charge in [-0.1, -0.05) is 36.5 Å². The van der Waals surface area contributed by atoms with E-state index in [1.165, 1.54) is 18.3 Å². The van der Waals surface area contributed by atoms with E-state index in [-0.39, 0.29) is 42.2 Å². The van der Waals surface area contributed by atoms with Gasteiger partial charge >= 0.3 is 0 Å². The number of thiocarbonyl (C=S) groups is 1. The van der Waals surface area contributed by atoms with Crippen molar-refractivity contribution < 1.29 is 26.3 Å². The first kappa shape index (κ1) is 31.1. The van der Waals surface area contributed by atoms with E-state index in [9.17, 15) is 31.6 Å². The molecule has 2 saturated heterocycles. The summed E-state index contributed by atoms with van der Waals surface area (Å²) in [5.74, 6) is -0.944. The number of halogens is 6. The van der Waals surface area contributed by atoms with Crippen LogP contribution in [-0.2, 0) is 10.8 Å². The van der Waals surface area contributed by atoms with Crippen LogP contribution in [0.15, 0.2) is 61.2 Å². The standard InChI is InChI=1S/C15H16F3N3S.C15H14F3N3/c16-10-3-9(6-20-7-10)15(14(19)22)4-11-1-2-12(5-15)21(11)8-13(17)18;16-11-3-10(6-20-7-11)15(9-19)4-12-1-2-13(5-15)21(12)8-14(17)18/h1-3,6-7,11-13H,4-5,8H2,(H2,19,22);1-3,6-7,12-14H,4-5,8H2/t11-,12+,15?;12-,13+,15?. The second-order valence-electron chi connectivity index (χ2n) is 11.5. The zero-order valence-electron chi connectivity index (χ0n) is 23.0. The predicted octanol–water partition coefficient (Wildman–Crippen LogP) is 5.06. The summed E-state index contributed by atoms with van der Waals surface area (Å²) in [6, 6.07) is 4.22. The highest BCUT2D eigenvalue weighted by Gasteiger charge is 2.50. The summed E-state index contributed by atoms with van der Waals surface area (Å²) >= 11 is 5.25. The summed E-state index contributed by atoms with van der Waals surface area (Å²) in [6.07, 6.45) is 9.75. The molecule has 6 nitrogen and oxygen atoms in total. The molecule has 4 aliphatic rings. The SMILES string of the molecule is N#CC1(c2cncc(F)c2)C[C@H]2C=C[C@@H](C1)N2CC(F)F.NC(=S)C1(c2cncc(F)c2)C[C@H]2C=C[C@@H](C1)N2CC(F)F. The normalized spacial score (nSPS) is 31.2. The molecule has 0 amide bonds. The first-order valence-corrected chi connectivity index (χ1v) is 14.2. The van der Waals surface area contributed by atoms with Crippen LogP contribution in [-0.4, -0.2) is 74.9 Å². The fraction of sp³-hybridized carbons (Fsp3) is 0.467. The molecule has 6 atom stereocenters. The van der Waals surface area contributed by atoms with Crippen molar-refractivity contribution in [3.05, 3.63) is 84.0 Å². The van der Waals surface area contributed by atoms with Gasteiger partial charge in [-0.15, -0.1) is 0 Å². The molecule has 2 N–H and O–H groups in total. The van der Waals surface area contributed by atoms with Gasteiger partial charge in [0.1, 0.15) is 11.6 Å². The lowest BCUT2D eigenvalue weighted by Crippen LogP contribution is -2.55. The van der Waals surface area contributed by atoms with Crippen molar-refractivity contribution in [3.63, 3.8) is 0 Å². The second kappa shape index (κ2) is 12.3. The fourth-order valence-corrected chi connectivity index (χ4v) is 7.25. The molecule has 2 aromatic heterocycles. The minimum Gasteiger partial charge on any atom is -0.393 e. The zero-order valence-corrected chi connectivity index (χ0v) is 23.8. The molecule has 43 heavy (non-hydrogen) atoms. The highest BCUT2D eigenvalue weighted by Crippen LogP contribution is 2.46. The molecule has 228 valence electrons. The molecule has 0 aliphatic carbocycles. The fourth-order valence-electron chi connectivity index (χ4n) is 6.96. The van der Waals surface area contributed by atoms with E-state index in [0.29, 0.717) is 36.8 Å². The second-order valence-corrected chi connectivity index (χ2v) is 11.9. The highest BCUT2D eigenvalue weighted by molar-refractivity contribution is 7.80. The Kier molecular flexibility index (Phi) is 8.92. The van der Waals surface area contributed by atoms with Crippen LogP contribution in [0, 0.1) is 23.0 Å². The number of pyridine rings is 2. The molecule has 2 fully saturated rings. The largest absolute Gasteiger partial charge is 0.393 e. The topological polar surface area (TPSA) is 82.1 Å². The maximum absolute atomic E-state index is 13.5. The molecular weight excluding hydrogens is 590 g/mol. The van der Waals surface area contributed by atoms with E-state index in [4.69, 9.17) is 18.0 Å². The number of aromatic nitrogens is 2. The monoisotopic (exact) mass is 620 g/mol. The number of nitrogens with two attached hydrogens (primary N) is 1. The average Bonchev–Trinajstić information content (AvgIpc) is 3.32. The van der Waals surface area contributed by atoms with Crippen LogP contribution in [0.25, 0.3) is 0 Å². The summed E-state index contributed by atoms with van der Waals surface area (Å²) in [7, 11) is 0. The van der Waals surface area contributed by atoms with Gasteiger partial charge in [0.25, 0.3) is 12.9 Å². The molecule has 2 unspecified atom stereocenters. The summed E-state index contributed by atoms with van der Waals surface area (Å²) in [4.78, 5) is 11.4. The van der Waals surface area contributed by atoms with Crippen LogP contribution in [0.3, 0.4) is 0 Å². The number of nitrogens with zero attached hydrogens (tertiary/aromatic N) is 5. The number of nitriles is 1. The molecular formula is C30H30F6N6S. The van der Waals surface area contributed by atoms with Gasteiger partial charge in [0.15, 0.2) is 0 Å². The molecule has 2 aromatic rings. The van der Waals surface area contributed by atoms with Crippen LogP contribution in [0.5, 0.6) is 0 Å². The lowest BCUT2D eigenvalue weighted by Gasteiger charge is -2.46. The van der Waals surface area contributed by atoms with Crippen molar-refractivity contribution >= 4 is 17.2 Å². The van der Waals surface area contributed by atoms with E-state index in [1.54, 1.807) is 16.0 Å². The highest BCUT2D eigenvalue weighted by atomic mass is 32.1. The maximum atomic E-state index is 13.5. The number of hydrogen-bond acceptors (Lipinski definition) is 6. The van der Waals surface area contributed by atoms with Crippen LogP contribution < -0.4 is 5.73 Å². The molecule has 6 heterocycles. The summed E-state index contributed by atoms with van der Waals surface area (Å²) in [6.45, 7) is -0.581. The Morgan fingerprint density at radius 2 is 1.23 bits per heavy atom. The molecule has 4 bridgehead atoms. The lowest BCUT2D eigenvalue weighted by molar-refractivity contribution is 0.0381. The number of fused-ring (bicyclic) bond motifs is 4. The van der Waals surface area contributed by atoms with Crippen molar-refractivity contribution in [2.75, 3.05) is 13.1 Å². The quantitative estimate of drug-likeness (QED) is 0.263. The Morgan fingerprint density at radius 3 is 1.63 bits per heavy atom. The third-order valence-electron chi connectivity index (χ3n) is 8.94. The Bertz CT molecular complexity index is 1410. The van der Waals surface area contributed by atoms with Crippen LogP contribution >= 0.6 is 12.2 Å². The average molecular weight is 621 g/mol. The summed E-state index contributed by atoms with van der Waals surface area (Å²) in [5.41, 5.74) is 5.54. The Morgan fingerprint density at radius 1 is 0.814 bits per heavy atom. The molecule has 4 aliphatic heterocycles. The first-order chi connectivity index (χ1) is 20.5. The van der Waals surface area contributed by atoms with E-state index >= 15 is 0 Å². The third-order valence-corrected chi connectivity index (χ3v) is 9.33. The van der Waals surface area contributed by atoms with Crippen molar-refractivity contribution in [1.82, 2.24) is 19.8 Å². The minimum atomic E-state index is -2.40. The van der Waals surface area contributed by atoms with Crippen LogP contribution in [0.1, 0.15) is 36.8 Å².